The van der Waals surface area contributed by atoms with E-state index in [0.29, 0.717) is 35.2 Å². The van der Waals surface area contributed by atoms with Crippen LogP contribution in [0.2, 0.25) is 10.0 Å². The number of rotatable bonds is 3. The van der Waals surface area contributed by atoms with Crippen LogP contribution in [0.1, 0.15) is 21.5 Å². The predicted octanol–water partition coefficient (Wildman–Crippen LogP) is 3.77. The first-order valence-corrected chi connectivity index (χ1v) is 7.42. The SMILES string of the molecule is Nc1ccc2c(c1)CN(CCc1ccc(Cl)cc1Cl)C2=O. The maximum absolute atomic E-state index is 12.3. The number of hydrogen-bond donors (Lipinski definition) is 1. The zero-order chi connectivity index (χ0) is 15.0. The Kier molecular flexibility index (Phi) is 3.79. The number of nitrogen functional groups attached to an aromatic ring is 1. The molecule has 0 bridgehead atoms. The second-order valence-electron chi connectivity index (χ2n) is 5.13. The molecule has 2 N–H and O–H groups in total. The molecule has 108 valence electrons. The largest absolute Gasteiger partial charge is 0.399 e. The Balaban J connectivity index is 1.71. The standard InChI is InChI=1S/C16H14Cl2N2O/c17-12-2-1-10(15(18)8-12)5-6-20-9-11-7-13(19)3-4-14(11)16(20)21/h1-4,7-8H,5-6,9,19H2. The van der Waals surface area contributed by atoms with Crippen molar-refractivity contribution in [2.75, 3.05) is 12.3 Å². The molecule has 3 nitrogen and oxygen atoms in total. The van der Waals surface area contributed by atoms with E-state index >= 15 is 0 Å². The van der Waals surface area contributed by atoms with Crippen LogP contribution in [0.25, 0.3) is 0 Å². The molecule has 3 rings (SSSR count). The second kappa shape index (κ2) is 5.58. The van der Waals surface area contributed by atoms with Crippen LogP contribution in [0.4, 0.5) is 5.69 Å². The predicted molar refractivity (Wildman–Crippen MR) is 85.8 cm³/mol. The van der Waals surface area contributed by atoms with E-state index in [0.717, 1.165) is 16.7 Å². The van der Waals surface area contributed by atoms with Crippen molar-refractivity contribution in [1.82, 2.24) is 4.90 Å². The highest BCUT2D eigenvalue weighted by molar-refractivity contribution is 6.35. The summed E-state index contributed by atoms with van der Waals surface area (Å²) in [6, 6.07) is 10.8. The highest BCUT2D eigenvalue weighted by Gasteiger charge is 2.26. The van der Waals surface area contributed by atoms with Crippen molar-refractivity contribution in [2.24, 2.45) is 0 Å². The number of carbonyl (C=O) groups excluding carboxylic acids is 1. The normalized spacial score (nSPS) is 13.6. The monoisotopic (exact) mass is 320 g/mol. The van der Waals surface area contributed by atoms with E-state index in [-0.39, 0.29) is 5.91 Å². The Morgan fingerprint density at radius 2 is 1.95 bits per heavy atom. The van der Waals surface area contributed by atoms with Crippen LogP contribution in [0.5, 0.6) is 0 Å². The summed E-state index contributed by atoms with van der Waals surface area (Å²) >= 11 is 12.0. The summed E-state index contributed by atoms with van der Waals surface area (Å²) in [5, 5.41) is 1.25. The highest BCUT2D eigenvalue weighted by atomic mass is 35.5. The lowest BCUT2D eigenvalue weighted by atomic mass is 10.1. The first-order chi connectivity index (χ1) is 10.0. The van der Waals surface area contributed by atoms with Gasteiger partial charge in [-0.25, -0.2) is 0 Å². The molecule has 5 heteroatoms. The number of carbonyl (C=O) groups is 1. The molecule has 0 aromatic heterocycles. The number of nitrogens with two attached hydrogens (primary N) is 1. The maximum Gasteiger partial charge on any atom is 0.254 e. The minimum atomic E-state index is 0.0510. The van der Waals surface area contributed by atoms with Crippen LogP contribution in [-0.4, -0.2) is 17.4 Å². The van der Waals surface area contributed by atoms with Gasteiger partial charge in [-0.15, -0.1) is 0 Å². The topological polar surface area (TPSA) is 46.3 Å². The van der Waals surface area contributed by atoms with E-state index in [1.54, 1.807) is 18.2 Å². The zero-order valence-electron chi connectivity index (χ0n) is 11.3. The summed E-state index contributed by atoms with van der Waals surface area (Å²) in [6.07, 6.45) is 0.700. The molecule has 2 aromatic carbocycles. The van der Waals surface area contributed by atoms with E-state index in [9.17, 15) is 4.79 Å². The number of halogens is 2. The molecule has 0 unspecified atom stereocenters. The van der Waals surface area contributed by atoms with E-state index in [1.807, 2.05) is 23.1 Å². The molecule has 0 saturated heterocycles. The average molecular weight is 321 g/mol. The lowest BCUT2D eigenvalue weighted by molar-refractivity contribution is 0.0780. The number of benzene rings is 2. The van der Waals surface area contributed by atoms with Crippen LogP contribution in [0, 0.1) is 0 Å². The van der Waals surface area contributed by atoms with E-state index in [4.69, 9.17) is 28.9 Å². The lowest BCUT2D eigenvalue weighted by Gasteiger charge is -2.16. The third-order valence-corrected chi connectivity index (χ3v) is 4.26. The van der Waals surface area contributed by atoms with Crippen LogP contribution < -0.4 is 5.73 Å². The smallest absolute Gasteiger partial charge is 0.254 e. The number of fused-ring (bicyclic) bond motifs is 1. The zero-order valence-corrected chi connectivity index (χ0v) is 12.8. The molecule has 0 fully saturated rings. The van der Waals surface area contributed by atoms with Gasteiger partial charge in [-0.3, -0.25) is 4.79 Å². The van der Waals surface area contributed by atoms with Gasteiger partial charge in [0, 0.05) is 34.4 Å². The minimum absolute atomic E-state index is 0.0510. The number of amides is 1. The summed E-state index contributed by atoms with van der Waals surface area (Å²) in [7, 11) is 0. The van der Waals surface area contributed by atoms with Crippen molar-refractivity contribution < 1.29 is 4.79 Å². The summed E-state index contributed by atoms with van der Waals surface area (Å²) in [5.41, 5.74) is 9.17. The van der Waals surface area contributed by atoms with Gasteiger partial charge in [0.2, 0.25) is 0 Å². The van der Waals surface area contributed by atoms with Crippen molar-refractivity contribution in [1.29, 1.82) is 0 Å². The molecule has 0 saturated carbocycles. The Bertz CT molecular complexity index is 715. The van der Waals surface area contributed by atoms with E-state index in [1.165, 1.54) is 0 Å². The van der Waals surface area contributed by atoms with Crippen molar-refractivity contribution in [3.63, 3.8) is 0 Å². The molecule has 0 spiro atoms. The Morgan fingerprint density at radius 1 is 1.14 bits per heavy atom. The minimum Gasteiger partial charge on any atom is -0.399 e. The second-order valence-corrected chi connectivity index (χ2v) is 5.97. The van der Waals surface area contributed by atoms with Crippen molar-refractivity contribution >= 4 is 34.8 Å². The Labute approximate surface area is 133 Å². The van der Waals surface area contributed by atoms with Gasteiger partial charge < -0.3 is 10.6 Å². The van der Waals surface area contributed by atoms with Crippen molar-refractivity contribution in [3.8, 4) is 0 Å². The van der Waals surface area contributed by atoms with E-state index in [2.05, 4.69) is 0 Å². The van der Waals surface area contributed by atoms with E-state index < -0.39 is 0 Å². The van der Waals surface area contributed by atoms with Crippen LogP contribution in [0.15, 0.2) is 36.4 Å². The average Bonchev–Trinajstić information content (AvgIpc) is 2.74. The van der Waals surface area contributed by atoms with Gasteiger partial charge in [0.25, 0.3) is 5.91 Å². The molecule has 0 aliphatic carbocycles. The maximum atomic E-state index is 12.3. The van der Waals surface area contributed by atoms with Crippen LogP contribution >= 0.6 is 23.2 Å². The molecule has 1 amide bonds. The quantitative estimate of drug-likeness (QED) is 0.875. The number of anilines is 1. The molecule has 1 aliphatic heterocycles. The summed E-state index contributed by atoms with van der Waals surface area (Å²) in [6.45, 7) is 1.22. The first-order valence-electron chi connectivity index (χ1n) is 6.66. The van der Waals surface area contributed by atoms with Gasteiger partial charge in [-0.1, -0.05) is 29.3 Å². The molecule has 0 atom stereocenters. The van der Waals surface area contributed by atoms with Gasteiger partial charge in [0.05, 0.1) is 0 Å². The molecular weight excluding hydrogens is 307 g/mol. The summed E-state index contributed by atoms with van der Waals surface area (Å²) < 4.78 is 0. The van der Waals surface area contributed by atoms with Crippen molar-refractivity contribution in [2.45, 2.75) is 13.0 Å². The summed E-state index contributed by atoms with van der Waals surface area (Å²) in [5.74, 6) is 0.0510. The lowest BCUT2D eigenvalue weighted by Crippen LogP contribution is -2.26. The fourth-order valence-electron chi connectivity index (χ4n) is 2.56. The van der Waals surface area contributed by atoms with Gasteiger partial charge in [-0.05, 0) is 47.9 Å². The Hall–Kier alpha value is -1.71. The third-order valence-electron chi connectivity index (χ3n) is 3.67. The molecule has 1 aliphatic rings. The molecule has 2 aromatic rings. The fourth-order valence-corrected chi connectivity index (χ4v) is 3.06. The first kappa shape index (κ1) is 14.2. The van der Waals surface area contributed by atoms with Crippen LogP contribution in [0.3, 0.4) is 0 Å². The molecule has 21 heavy (non-hydrogen) atoms. The Morgan fingerprint density at radius 3 is 2.71 bits per heavy atom. The number of hydrogen-bond acceptors (Lipinski definition) is 2. The molecule has 1 heterocycles. The van der Waals surface area contributed by atoms with Gasteiger partial charge in [0.1, 0.15) is 0 Å². The third kappa shape index (κ3) is 2.85. The van der Waals surface area contributed by atoms with Crippen molar-refractivity contribution in [3.05, 3.63) is 63.1 Å². The number of nitrogens with zero attached hydrogens (tertiary/aromatic N) is 1. The molecular formula is C16H14Cl2N2O. The molecule has 0 radical (unpaired) electrons. The van der Waals surface area contributed by atoms with Crippen LogP contribution in [-0.2, 0) is 13.0 Å². The fraction of sp³-hybridized carbons (Fsp3) is 0.188. The van der Waals surface area contributed by atoms with Gasteiger partial charge in [0.15, 0.2) is 0 Å². The summed E-state index contributed by atoms with van der Waals surface area (Å²) in [4.78, 5) is 14.1. The van der Waals surface area contributed by atoms with Gasteiger partial charge in [-0.2, -0.15) is 0 Å². The van der Waals surface area contributed by atoms with Gasteiger partial charge >= 0.3 is 0 Å². The highest BCUT2D eigenvalue weighted by Crippen LogP contribution is 2.26.